The van der Waals surface area contributed by atoms with Gasteiger partial charge in [-0.15, -0.1) is 0 Å². The number of ether oxygens (including phenoxy) is 1. The zero-order valence-electron chi connectivity index (χ0n) is 13.3. The molecule has 0 radical (unpaired) electrons. The smallest absolute Gasteiger partial charge is 0.410 e. The van der Waals surface area contributed by atoms with Crippen molar-refractivity contribution in [3.63, 3.8) is 0 Å². The maximum absolute atomic E-state index is 12.1. The molecule has 0 atom stereocenters. The van der Waals surface area contributed by atoms with Crippen LogP contribution in [0.5, 0.6) is 0 Å². The minimum Gasteiger partial charge on any atom is -0.444 e. The van der Waals surface area contributed by atoms with E-state index in [2.05, 4.69) is 5.32 Å². The normalized spacial score (nSPS) is 26.6. The first-order valence-electron chi connectivity index (χ1n) is 7.96. The van der Waals surface area contributed by atoms with Crippen LogP contribution in [0, 0.1) is 10.8 Å². The van der Waals surface area contributed by atoms with Crippen molar-refractivity contribution >= 4 is 12.0 Å². The average molecular weight is 294 g/mol. The number of rotatable bonds is 0. The molecule has 1 saturated carbocycles. The summed E-state index contributed by atoms with van der Waals surface area (Å²) in [6.45, 7) is 8.12. The lowest BCUT2D eigenvalue weighted by molar-refractivity contribution is -0.122. The third-order valence-corrected chi connectivity index (χ3v) is 5.17. The molecule has 0 bridgehead atoms. The molecule has 2 heterocycles. The van der Waals surface area contributed by atoms with Gasteiger partial charge in [-0.3, -0.25) is 4.79 Å². The SMILES string of the molecule is CC(C)(C)OC(=O)N1CCC2(CC1)CC1(CNC(=O)C1)C2. The lowest BCUT2D eigenvalue weighted by atomic mass is 9.49. The van der Waals surface area contributed by atoms with Crippen LogP contribution >= 0.6 is 0 Å². The fourth-order valence-electron chi connectivity index (χ4n) is 4.38. The van der Waals surface area contributed by atoms with E-state index < -0.39 is 5.60 Å². The number of amides is 2. The summed E-state index contributed by atoms with van der Waals surface area (Å²) < 4.78 is 5.44. The monoisotopic (exact) mass is 294 g/mol. The van der Waals surface area contributed by atoms with Crippen LogP contribution in [-0.2, 0) is 9.53 Å². The lowest BCUT2D eigenvalue weighted by Gasteiger charge is -2.57. The summed E-state index contributed by atoms with van der Waals surface area (Å²) in [7, 11) is 0. The molecule has 0 aromatic heterocycles. The third-order valence-electron chi connectivity index (χ3n) is 5.17. The lowest BCUT2D eigenvalue weighted by Crippen LogP contribution is -2.54. The number of hydrogen-bond donors (Lipinski definition) is 1. The highest BCUT2D eigenvalue weighted by molar-refractivity contribution is 5.79. The number of nitrogens with zero attached hydrogens (tertiary/aromatic N) is 1. The number of likely N-dealkylation sites (tertiary alicyclic amines) is 1. The van der Waals surface area contributed by atoms with Crippen molar-refractivity contribution in [1.29, 1.82) is 0 Å². The van der Waals surface area contributed by atoms with Gasteiger partial charge in [-0.05, 0) is 57.3 Å². The molecule has 1 aliphatic carbocycles. The van der Waals surface area contributed by atoms with Crippen molar-refractivity contribution in [3.05, 3.63) is 0 Å². The van der Waals surface area contributed by atoms with Gasteiger partial charge in [0.15, 0.2) is 0 Å². The molecule has 1 N–H and O–H groups in total. The maximum Gasteiger partial charge on any atom is 0.410 e. The molecule has 2 spiro atoms. The van der Waals surface area contributed by atoms with Crippen molar-refractivity contribution < 1.29 is 14.3 Å². The Morgan fingerprint density at radius 2 is 1.81 bits per heavy atom. The van der Waals surface area contributed by atoms with Gasteiger partial charge in [0.1, 0.15) is 5.60 Å². The van der Waals surface area contributed by atoms with Gasteiger partial charge >= 0.3 is 6.09 Å². The summed E-state index contributed by atoms with van der Waals surface area (Å²) in [6, 6.07) is 0. The standard InChI is InChI=1S/C16H26N2O3/c1-14(2,3)21-13(20)18-6-4-15(5-7-18)9-16(10-15)8-12(19)17-11-16/h4-11H2,1-3H3,(H,17,19). The molecular weight excluding hydrogens is 268 g/mol. The molecule has 0 unspecified atom stereocenters. The van der Waals surface area contributed by atoms with Crippen LogP contribution in [0.1, 0.15) is 52.9 Å². The topological polar surface area (TPSA) is 58.6 Å². The Hall–Kier alpha value is -1.26. The van der Waals surface area contributed by atoms with Crippen LogP contribution in [0.25, 0.3) is 0 Å². The molecule has 2 amide bonds. The van der Waals surface area contributed by atoms with E-state index in [0.717, 1.165) is 45.3 Å². The number of carbonyl (C=O) groups is 2. The number of piperidine rings is 1. The summed E-state index contributed by atoms with van der Waals surface area (Å²) in [4.78, 5) is 25.3. The van der Waals surface area contributed by atoms with E-state index in [4.69, 9.17) is 4.74 Å². The van der Waals surface area contributed by atoms with Gasteiger partial charge in [0.25, 0.3) is 0 Å². The number of nitrogens with one attached hydrogen (secondary N) is 1. The molecule has 2 saturated heterocycles. The highest BCUT2D eigenvalue weighted by Gasteiger charge is 2.57. The molecule has 5 nitrogen and oxygen atoms in total. The first-order chi connectivity index (χ1) is 9.71. The zero-order chi connectivity index (χ0) is 15.3. The van der Waals surface area contributed by atoms with Crippen LogP contribution in [0.2, 0.25) is 0 Å². The average Bonchev–Trinajstić information content (AvgIpc) is 2.69. The second kappa shape index (κ2) is 4.62. The van der Waals surface area contributed by atoms with Gasteiger partial charge < -0.3 is 15.0 Å². The fourth-order valence-corrected chi connectivity index (χ4v) is 4.38. The Bertz CT molecular complexity index is 451. The minimum atomic E-state index is -0.428. The van der Waals surface area contributed by atoms with E-state index in [9.17, 15) is 9.59 Å². The zero-order valence-corrected chi connectivity index (χ0v) is 13.3. The summed E-state index contributed by atoms with van der Waals surface area (Å²) in [5.74, 6) is 0.205. The molecule has 2 aliphatic heterocycles. The largest absolute Gasteiger partial charge is 0.444 e. The molecule has 3 aliphatic rings. The number of carbonyl (C=O) groups excluding carboxylic acids is 2. The van der Waals surface area contributed by atoms with Crippen molar-refractivity contribution in [2.75, 3.05) is 19.6 Å². The third kappa shape index (κ3) is 2.87. The Kier molecular flexibility index (Phi) is 3.22. The van der Waals surface area contributed by atoms with Gasteiger partial charge in [0, 0.05) is 26.1 Å². The Balaban J connectivity index is 1.50. The molecule has 118 valence electrons. The van der Waals surface area contributed by atoms with Crippen molar-refractivity contribution in [2.24, 2.45) is 10.8 Å². The predicted molar refractivity (Wildman–Crippen MR) is 78.8 cm³/mol. The molecule has 5 heteroatoms. The fraction of sp³-hybridized carbons (Fsp3) is 0.875. The van der Waals surface area contributed by atoms with Crippen LogP contribution in [0.3, 0.4) is 0 Å². The second-order valence-electron chi connectivity index (χ2n) is 8.27. The molecule has 3 fully saturated rings. The molecule has 21 heavy (non-hydrogen) atoms. The Morgan fingerprint density at radius 1 is 1.19 bits per heavy atom. The summed E-state index contributed by atoms with van der Waals surface area (Å²) in [5, 5.41) is 2.96. The maximum atomic E-state index is 12.1. The summed E-state index contributed by atoms with van der Waals surface area (Å²) in [5.41, 5.74) is 0.165. The highest BCUT2D eigenvalue weighted by Crippen LogP contribution is 2.61. The van der Waals surface area contributed by atoms with E-state index in [1.807, 2.05) is 25.7 Å². The van der Waals surface area contributed by atoms with E-state index in [-0.39, 0.29) is 17.4 Å². The van der Waals surface area contributed by atoms with E-state index in [0.29, 0.717) is 11.8 Å². The first kappa shape index (κ1) is 14.7. The van der Waals surface area contributed by atoms with Crippen LogP contribution in [-0.4, -0.2) is 42.1 Å². The van der Waals surface area contributed by atoms with Crippen molar-refractivity contribution in [3.8, 4) is 0 Å². The minimum absolute atomic E-state index is 0.191. The van der Waals surface area contributed by atoms with Gasteiger partial charge in [0.2, 0.25) is 5.91 Å². The summed E-state index contributed by atoms with van der Waals surface area (Å²) in [6.07, 6.45) is 4.88. The van der Waals surface area contributed by atoms with E-state index in [1.165, 1.54) is 0 Å². The molecule has 0 aromatic rings. The van der Waals surface area contributed by atoms with Crippen molar-refractivity contribution in [2.45, 2.75) is 58.5 Å². The van der Waals surface area contributed by atoms with Gasteiger partial charge in [-0.2, -0.15) is 0 Å². The van der Waals surface area contributed by atoms with Crippen LogP contribution in [0.15, 0.2) is 0 Å². The van der Waals surface area contributed by atoms with Gasteiger partial charge in [-0.1, -0.05) is 0 Å². The highest BCUT2D eigenvalue weighted by atomic mass is 16.6. The Labute approximate surface area is 126 Å². The quantitative estimate of drug-likeness (QED) is 0.746. The van der Waals surface area contributed by atoms with Gasteiger partial charge in [0.05, 0.1) is 0 Å². The predicted octanol–water partition coefficient (Wildman–Crippen LogP) is 2.30. The molecular formula is C16H26N2O3. The first-order valence-corrected chi connectivity index (χ1v) is 7.96. The van der Waals surface area contributed by atoms with Crippen molar-refractivity contribution in [1.82, 2.24) is 10.2 Å². The second-order valence-corrected chi connectivity index (χ2v) is 8.27. The van der Waals surface area contributed by atoms with Crippen LogP contribution in [0.4, 0.5) is 4.79 Å². The molecule has 0 aromatic carbocycles. The van der Waals surface area contributed by atoms with E-state index >= 15 is 0 Å². The number of hydrogen-bond acceptors (Lipinski definition) is 3. The van der Waals surface area contributed by atoms with Gasteiger partial charge in [-0.25, -0.2) is 4.79 Å². The van der Waals surface area contributed by atoms with E-state index in [1.54, 1.807) is 0 Å². The molecule has 3 rings (SSSR count). The summed E-state index contributed by atoms with van der Waals surface area (Å²) >= 11 is 0. The van der Waals surface area contributed by atoms with Crippen LogP contribution < -0.4 is 5.32 Å². The Morgan fingerprint density at radius 3 is 2.29 bits per heavy atom.